The van der Waals surface area contributed by atoms with Crippen molar-refractivity contribution >= 4 is 43.6 Å². The number of rotatable bonds is 6. The first-order valence-corrected chi connectivity index (χ1v) is 24.0. The SMILES string of the molecule is Cc1ccnc(-n2c3ccc(-c4cccc(-c5ccccc5)c4)cc3c3cc4c5c(c32)CCc2cc3c6cc(-c7cccc(-c8ccccc8)c7)ccc6n(-c6cc(C)ccn6)c3c(c2-5)CC4)c1. The summed E-state index contributed by atoms with van der Waals surface area (Å²) >= 11 is 0. The van der Waals surface area contributed by atoms with Crippen LogP contribution < -0.4 is 0 Å². The van der Waals surface area contributed by atoms with Gasteiger partial charge in [0.1, 0.15) is 11.6 Å². The van der Waals surface area contributed by atoms with Gasteiger partial charge in [0.05, 0.1) is 22.1 Å². The molecular formula is C64H46N4. The Bertz CT molecular complexity index is 3780. The van der Waals surface area contributed by atoms with Gasteiger partial charge in [-0.25, -0.2) is 9.97 Å². The first kappa shape index (κ1) is 38.9. The summed E-state index contributed by atoms with van der Waals surface area (Å²) in [5.74, 6) is 1.93. The number of fused-ring (bicyclic) bond motifs is 8. The number of aryl methyl sites for hydroxylation is 6. The third kappa shape index (κ3) is 6.00. The molecule has 0 saturated carbocycles. The highest BCUT2D eigenvalue weighted by atomic mass is 15.1. The molecule has 322 valence electrons. The molecule has 0 radical (unpaired) electrons. The van der Waals surface area contributed by atoms with Crippen molar-refractivity contribution in [2.45, 2.75) is 39.5 Å². The molecule has 0 saturated heterocycles. The third-order valence-electron chi connectivity index (χ3n) is 14.9. The van der Waals surface area contributed by atoms with Crippen LogP contribution in [0.1, 0.15) is 33.4 Å². The summed E-state index contributed by atoms with van der Waals surface area (Å²) in [6.45, 7) is 4.34. The molecular weight excluding hydrogens is 825 g/mol. The van der Waals surface area contributed by atoms with E-state index in [1.807, 2.05) is 12.4 Å². The van der Waals surface area contributed by atoms with E-state index in [1.54, 1.807) is 0 Å². The molecule has 8 aromatic carbocycles. The van der Waals surface area contributed by atoms with E-state index in [0.29, 0.717) is 0 Å². The Hall–Kier alpha value is -8.34. The van der Waals surface area contributed by atoms with Crippen LogP contribution >= 0.6 is 0 Å². The molecule has 68 heavy (non-hydrogen) atoms. The number of benzene rings is 8. The van der Waals surface area contributed by atoms with Crippen LogP contribution in [0.25, 0.3) is 111 Å². The minimum absolute atomic E-state index is 0.960. The molecule has 4 nitrogen and oxygen atoms in total. The average molecular weight is 871 g/mol. The van der Waals surface area contributed by atoms with Crippen LogP contribution in [-0.2, 0) is 25.7 Å². The lowest BCUT2D eigenvalue weighted by Crippen LogP contribution is -2.16. The Morgan fingerprint density at radius 3 is 1.16 bits per heavy atom. The molecule has 2 aliphatic carbocycles. The molecule has 0 amide bonds. The van der Waals surface area contributed by atoms with Crippen molar-refractivity contribution in [2.75, 3.05) is 0 Å². The lowest BCUT2D eigenvalue weighted by Gasteiger charge is -2.31. The van der Waals surface area contributed by atoms with Crippen LogP contribution in [0, 0.1) is 13.8 Å². The van der Waals surface area contributed by atoms with Gasteiger partial charge in [-0.15, -0.1) is 0 Å². The summed E-state index contributed by atoms with van der Waals surface area (Å²) in [7, 11) is 0. The zero-order valence-electron chi connectivity index (χ0n) is 38.1. The van der Waals surface area contributed by atoms with Crippen LogP contribution in [0.3, 0.4) is 0 Å². The van der Waals surface area contributed by atoms with E-state index in [-0.39, 0.29) is 0 Å². The molecule has 0 fully saturated rings. The fourth-order valence-electron chi connectivity index (χ4n) is 11.8. The normalized spacial score (nSPS) is 12.9. The van der Waals surface area contributed by atoms with Crippen molar-refractivity contribution in [1.82, 2.24) is 19.1 Å². The van der Waals surface area contributed by atoms with Crippen molar-refractivity contribution in [3.05, 3.63) is 228 Å². The molecule has 0 atom stereocenters. The van der Waals surface area contributed by atoms with E-state index in [1.165, 1.54) is 133 Å². The van der Waals surface area contributed by atoms with Crippen molar-refractivity contribution in [3.8, 4) is 67.3 Å². The maximum absolute atomic E-state index is 5.07. The molecule has 4 aromatic heterocycles. The molecule has 0 N–H and O–H groups in total. The van der Waals surface area contributed by atoms with E-state index in [9.17, 15) is 0 Å². The van der Waals surface area contributed by atoms with Gasteiger partial charge in [-0.05, 0) is 201 Å². The van der Waals surface area contributed by atoms with Gasteiger partial charge >= 0.3 is 0 Å². The number of aromatic nitrogens is 4. The fourth-order valence-corrected chi connectivity index (χ4v) is 11.8. The molecule has 0 unspecified atom stereocenters. The van der Waals surface area contributed by atoms with Gasteiger partial charge < -0.3 is 0 Å². The predicted octanol–water partition coefficient (Wildman–Crippen LogP) is 15.8. The number of nitrogens with zero attached hydrogens (tertiary/aromatic N) is 4. The van der Waals surface area contributed by atoms with Gasteiger partial charge in [0.15, 0.2) is 0 Å². The molecule has 12 aromatic rings. The molecule has 0 spiro atoms. The molecule has 0 aliphatic heterocycles. The van der Waals surface area contributed by atoms with Crippen LogP contribution in [0.15, 0.2) is 194 Å². The minimum Gasteiger partial charge on any atom is -0.293 e. The Morgan fingerprint density at radius 2 is 0.735 bits per heavy atom. The first-order valence-electron chi connectivity index (χ1n) is 24.0. The first-order chi connectivity index (χ1) is 33.5. The second-order valence-electron chi connectivity index (χ2n) is 19.0. The molecule has 14 rings (SSSR count). The summed E-state index contributed by atoms with van der Waals surface area (Å²) in [4.78, 5) is 10.1. The number of hydrogen-bond donors (Lipinski definition) is 0. The van der Waals surface area contributed by atoms with Crippen molar-refractivity contribution in [3.63, 3.8) is 0 Å². The standard InChI is InChI=1S/C64H46N4/c1-39-27-29-65-59(31-39)67-57-25-21-47(45-17-9-15-43(33-45)41-11-5-3-6-12-41)35-53(57)55-37-49-20-24-52-62-50(19-23-51(61(49)62)63(55)67)38-56-54-36-48(46-18-10-16-44(34-46)42-13-7-4-8-14-42)22-26-58(54)68(64(52)56)60-32-40(2)28-30-66-60/h3-18,21-22,25-38H,19-20,23-24H2,1-2H3. The topological polar surface area (TPSA) is 35.6 Å². The zero-order chi connectivity index (χ0) is 45.0. The quantitative estimate of drug-likeness (QED) is 0.167. The van der Waals surface area contributed by atoms with E-state index in [4.69, 9.17) is 9.97 Å². The summed E-state index contributed by atoms with van der Waals surface area (Å²) < 4.78 is 4.94. The molecule has 0 bridgehead atoms. The lowest BCUT2D eigenvalue weighted by atomic mass is 9.74. The molecule has 4 heterocycles. The Morgan fingerprint density at radius 1 is 0.338 bits per heavy atom. The molecule has 4 heteroatoms. The Balaban J connectivity index is 1.01. The number of pyridine rings is 2. The summed E-state index contributed by atoms with van der Waals surface area (Å²) in [6, 6.07) is 67.2. The van der Waals surface area contributed by atoms with E-state index in [2.05, 4.69) is 205 Å². The average Bonchev–Trinajstić information content (AvgIpc) is 3.90. The van der Waals surface area contributed by atoms with Gasteiger partial charge in [-0.1, -0.05) is 109 Å². The van der Waals surface area contributed by atoms with Crippen LogP contribution in [0.5, 0.6) is 0 Å². The summed E-state index contributed by atoms with van der Waals surface area (Å²) in [6.07, 6.45) is 7.78. The van der Waals surface area contributed by atoms with E-state index in [0.717, 1.165) is 37.3 Å². The largest absolute Gasteiger partial charge is 0.293 e. The van der Waals surface area contributed by atoms with Gasteiger partial charge in [0, 0.05) is 33.9 Å². The highest BCUT2D eigenvalue weighted by Crippen LogP contribution is 2.51. The van der Waals surface area contributed by atoms with Crippen LogP contribution in [0.4, 0.5) is 0 Å². The monoisotopic (exact) mass is 870 g/mol. The summed E-state index contributed by atoms with van der Waals surface area (Å²) in [5.41, 5.74) is 25.8. The smallest absolute Gasteiger partial charge is 0.137 e. The maximum Gasteiger partial charge on any atom is 0.137 e. The fraction of sp³-hybridized carbons (Fsp3) is 0.0938. The van der Waals surface area contributed by atoms with Gasteiger partial charge in [-0.3, -0.25) is 9.13 Å². The minimum atomic E-state index is 0.960. The van der Waals surface area contributed by atoms with Gasteiger partial charge in [0.2, 0.25) is 0 Å². The van der Waals surface area contributed by atoms with Crippen molar-refractivity contribution in [1.29, 1.82) is 0 Å². The van der Waals surface area contributed by atoms with Gasteiger partial charge in [-0.2, -0.15) is 0 Å². The zero-order valence-corrected chi connectivity index (χ0v) is 38.1. The number of hydrogen-bond acceptors (Lipinski definition) is 2. The highest BCUT2D eigenvalue weighted by Gasteiger charge is 2.33. The molecule has 2 aliphatic rings. The van der Waals surface area contributed by atoms with Gasteiger partial charge in [0.25, 0.3) is 0 Å². The third-order valence-corrected chi connectivity index (χ3v) is 14.9. The van der Waals surface area contributed by atoms with Crippen molar-refractivity contribution < 1.29 is 0 Å². The van der Waals surface area contributed by atoms with Crippen LogP contribution in [0.2, 0.25) is 0 Å². The van der Waals surface area contributed by atoms with Crippen molar-refractivity contribution in [2.24, 2.45) is 0 Å². The predicted molar refractivity (Wildman–Crippen MR) is 282 cm³/mol. The summed E-state index contributed by atoms with van der Waals surface area (Å²) in [5, 5.41) is 5.17. The Kier molecular flexibility index (Phi) is 8.63. The van der Waals surface area contributed by atoms with E-state index >= 15 is 0 Å². The Labute approximate surface area is 395 Å². The maximum atomic E-state index is 5.07. The van der Waals surface area contributed by atoms with Crippen LogP contribution in [-0.4, -0.2) is 19.1 Å². The van der Waals surface area contributed by atoms with E-state index < -0.39 is 0 Å². The second kappa shape index (κ2) is 15.1. The highest BCUT2D eigenvalue weighted by molar-refractivity contribution is 6.17. The lowest BCUT2D eigenvalue weighted by molar-refractivity contribution is 0.881. The second-order valence-corrected chi connectivity index (χ2v) is 19.0.